The molecule has 2 N–H and O–H groups in total. The van der Waals surface area contributed by atoms with Crippen LogP contribution >= 0.6 is 11.6 Å². The molecule has 0 aliphatic carbocycles. The van der Waals surface area contributed by atoms with E-state index in [1.165, 1.54) is 18.2 Å². The van der Waals surface area contributed by atoms with E-state index in [1.54, 1.807) is 12.1 Å². The highest BCUT2D eigenvalue weighted by molar-refractivity contribution is 6.29. The zero-order valence-corrected chi connectivity index (χ0v) is 11.2. The summed E-state index contributed by atoms with van der Waals surface area (Å²) in [6.07, 6.45) is 0.529. The largest absolute Gasteiger partial charge is 0.478 e. The predicted octanol–water partition coefficient (Wildman–Crippen LogP) is 2.60. The number of carbonyl (C=O) groups is 2. The number of halogens is 1. The van der Waals surface area contributed by atoms with Crippen molar-refractivity contribution in [2.75, 3.05) is 6.54 Å². The molecular weight excluding hydrogens is 282 g/mol. The van der Waals surface area contributed by atoms with E-state index < -0.39 is 5.97 Å². The summed E-state index contributed by atoms with van der Waals surface area (Å²) in [7, 11) is 0. The molecule has 2 rings (SSSR count). The van der Waals surface area contributed by atoms with E-state index in [9.17, 15) is 9.59 Å². The van der Waals surface area contributed by atoms with Gasteiger partial charge in [0.2, 0.25) is 0 Å². The molecule has 0 unspecified atom stereocenters. The average molecular weight is 294 g/mol. The molecule has 0 atom stereocenters. The van der Waals surface area contributed by atoms with Gasteiger partial charge in [0, 0.05) is 6.54 Å². The summed E-state index contributed by atoms with van der Waals surface area (Å²) in [6.45, 7) is 0.375. The number of furan rings is 1. The Morgan fingerprint density at radius 3 is 2.70 bits per heavy atom. The van der Waals surface area contributed by atoms with Crippen molar-refractivity contribution in [3.63, 3.8) is 0 Å². The van der Waals surface area contributed by atoms with E-state index in [-0.39, 0.29) is 22.5 Å². The highest BCUT2D eigenvalue weighted by Gasteiger charge is 2.10. The summed E-state index contributed by atoms with van der Waals surface area (Å²) in [6, 6.07) is 9.57. The molecule has 20 heavy (non-hydrogen) atoms. The zero-order valence-electron chi connectivity index (χ0n) is 10.4. The molecule has 1 aromatic carbocycles. The highest BCUT2D eigenvalue weighted by atomic mass is 35.5. The van der Waals surface area contributed by atoms with Gasteiger partial charge in [0.1, 0.15) is 0 Å². The third-order valence-electron chi connectivity index (χ3n) is 2.67. The minimum Gasteiger partial charge on any atom is -0.478 e. The van der Waals surface area contributed by atoms with Crippen LogP contribution in [0, 0.1) is 0 Å². The molecule has 1 heterocycles. The van der Waals surface area contributed by atoms with E-state index in [1.807, 2.05) is 6.07 Å². The van der Waals surface area contributed by atoms with Crippen molar-refractivity contribution < 1.29 is 19.1 Å². The van der Waals surface area contributed by atoms with Crippen LogP contribution in [0.25, 0.3) is 0 Å². The summed E-state index contributed by atoms with van der Waals surface area (Å²) < 4.78 is 4.97. The molecule has 104 valence electrons. The quantitative estimate of drug-likeness (QED) is 0.888. The number of nitrogens with one attached hydrogen (secondary N) is 1. The third-order valence-corrected chi connectivity index (χ3v) is 2.87. The van der Waals surface area contributed by atoms with Gasteiger partial charge in [-0.1, -0.05) is 12.1 Å². The number of rotatable bonds is 5. The summed E-state index contributed by atoms with van der Waals surface area (Å²) in [4.78, 5) is 22.5. The van der Waals surface area contributed by atoms with Gasteiger partial charge in [-0.25, -0.2) is 4.79 Å². The van der Waals surface area contributed by atoms with Crippen LogP contribution in [0.2, 0.25) is 5.22 Å². The maximum absolute atomic E-state index is 11.7. The Balaban J connectivity index is 1.88. The first kappa shape index (κ1) is 14.1. The van der Waals surface area contributed by atoms with Crippen LogP contribution in [-0.4, -0.2) is 23.5 Å². The molecular formula is C14H12ClNO4. The number of carboxylic acid groups (broad SMARTS) is 1. The van der Waals surface area contributed by atoms with Gasteiger partial charge in [0.15, 0.2) is 11.0 Å². The van der Waals surface area contributed by atoms with Crippen LogP contribution in [0.4, 0.5) is 0 Å². The second kappa shape index (κ2) is 6.25. The molecule has 5 nitrogen and oxygen atoms in total. The Morgan fingerprint density at radius 1 is 1.25 bits per heavy atom. The van der Waals surface area contributed by atoms with E-state index in [4.69, 9.17) is 21.1 Å². The Morgan fingerprint density at radius 2 is 2.05 bits per heavy atom. The average Bonchev–Trinajstić information content (AvgIpc) is 2.86. The predicted molar refractivity (Wildman–Crippen MR) is 73.2 cm³/mol. The lowest BCUT2D eigenvalue weighted by Crippen LogP contribution is -2.25. The molecule has 1 aromatic heterocycles. The number of hydrogen-bond donors (Lipinski definition) is 2. The normalized spacial score (nSPS) is 10.2. The first-order valence-electron chi connectivity index (χ1n) is 5.92. The Hall–Kier alpha value is -2.27. The molecule has 0 aliphatic heterocycles. The van der Waals surface area contributed by atoms with Crippen LogP contribution < -0.4 is 5.32 Å². The SMILES string of the molecule is O=C(O)c1cccc(CCNC(=O)c2ccc(Cl)o2)c1. The zero-order chi connectivity index (χ0) is 14.5. The third kappa shape index (κ3) is 3.61. The van der Waals surface area contributed by atoms with Crippen LogP contribution in [0.15, 0.2) is 40.8 Å². The summed E-state index contributed by atoms with van der Waals surface area (Å²) in [5, 5.41) is 11.7. The van der Waals surface area contributed by atoms with Crippen LogP contribution in [0.5, 0.6) is 0 Å². The second-order valence-corrected chi connectivity index (χ2v) is 4.49. The Kier molecular flexibility index (Phi) is 4.42. The summed E-state index contributed by atoms with van der Waals surface area (Å²) >= 11 is 5.58. The number of benzene rings is 1. The molecule has 0 saturated heterocycles. The Labute approximate surface area is 120 Å². The van der Waals surface area contributed by atoms with Crippen molar-refractivity contribution in [1.29, 1.82) is 0 Å². The fraction of sp³-hybridized carbons (Fsp3) is 0.143. The van der Waals surface area contributed by atoms with Gasteiger partial charge in [0.25, 0.3) is 5.91 Å². The number of hydrogen-bond acceptors (Lipinski definition) is 3. The lowest BCUT2D eigenvalue weighted by Gasteiger charge is -2.04. The van der Waals surface area contributed by atoms with Gasteiger partial charge in [-0.3, -0.25) is 4.79 Å². The molecule has 0 bridgehead atoms. The second-order valence-electron chi connectivity index (χ2n) is 4.12. The topological polar surface area (TPSA) is 79.5 Å². The van der Waals surface area contributed by atoms with Gasteiger partial charge < -0.3 is 14.8 Å². The van der Waals surface area contributed by atoms with Crippen molar-refractivity contribution in [1.82, 2.24) is 5.32 Å². The summed E-state index contributed by atoms with van der Waals surface area (Å²) in [5.74, 6) is -1.18. The maximum atomic E-state index is 11.7. The van der Waals surface area contributed by atoms with E-state index in [0.29, 0.717) is 13.0 Å². The van der Waals surface area contributed by atoms with E-state index >= 15 is 0 Å². The van der Waals surface area contributed by atoms with Crippen molar-refractivity contribution in [2.24, 2.45) is 0 Å². The summed E-state index contributed by atoms with van der Waals surface area (Å²) in [5.41, 5.74) is 1.06. The molecule has 0 fully saturated rings. The smallest absolute Gasteiger partial charge is 0.335 e. The number of aromatic carboxylic acids is 1. The maximum Gasteiger partial charge on any atom is 0.335 e. The van der Waals surface area contributed by atoms with Crippen molar-refractivity contribution in [3.8, 4) is 0 Å². The Bertz CT molecular complexity index is 636. The monoisotopic (exact) mass is 293 g/mol. The molecule has 0 radical (unpaired) electrons. The first-order valence-corrected chi connectivity index (χ1v) is 6.30. The van der Waals surface area contributed by atoms with Gasteiger partial charge >= 0.3 is 5.97 Å². The van der Waals surface area contributed by atoms with Crippen LogP contribution in [0.3, 0.4) is 0 Å². The van der Waals surface area contributed by atoms with Gasteiger partial charge in [-0.15, -0.1) is 0 Å². The first-order chi connectivity index (χ1) is 9.56. The van der Waals surface area contributed by atoms with Crippen molar-refractivity contribution >= 4 is 23.5 Å². The molecule has 0 spiro atoms. The lowest BCUT2D eigenvalue weighted by molar-refractivity contribution is 0.0696. The minimum atomic E-state index is -0.971. The van der Waals surface area contributed by atoms with Crippen LogP contribution in [0.1, 0.15) is 26.5 Å². The van der Waals surface area contributed by atoms with Gasteiger partial charge in [-0.2, -0.15) is 0 Å². The van der Waals surface area contributed by atoms with Crippen molar-refractivity contribution in [2.45, 2.75) is 6.42 Å². The van der Waals surface area contributed by atoms with Gasteiger partial charge in [0.05, 0.1) is 5.56 Å². The molecule has 2 aromatic rings. The minimum absolute atomic E-state index is 0.147. The van der Waals surface area contributed by atoms with E-state index in [2.05, 4.69) is 5.32 Å². The fourth-order valence-electron chi connectivity index (χ4n) is 1.70. The number of amides is 1. The highest BCUT2D eigenvalue weighted by Crippen LogP contribution is 2.12. The van der Waals surface area contributed by atoms with E-state index in [0.717, 1.165) is 5.56 Å². The molecule has 1 amide bonds. The molecule has 6 heteroatoms. The van der Waals surface area contributed by atoms with Crippen molar-refractivity contribution in [3.05, 3.63) is 58.5 Å². The number of carboxylic acids is 1. The fourth-order valence-corrected chi connectivity index (χ4v) is 1.85. The standard InChI is InChI=1S/C14H12ClNO4/c15-12-5-4-11(20-12)13(17)16-7-6-9-2-1-3-10(8-9)14(18)19/h1-5,8H,6-7H2,(H,16,17)(H,18,19). The number of carbonyl (C=O) groups excluding carboxylic acids is 1. The lowest BCUT2D eigenvalue weighted by atomic mass is 10.1. The van der Waals surface area contributed by atoms with Gasteiger partial charge in [-0.05, 0) is 47.9 Å². The molecule has 0 saturated carbocycles. The van der Waals surface area contributed by atoms with Crippen LogP contribution in [-0.2, 0) is 6.42 Å². The molecule has 0 aliphatic rings.